The second-order valence-electron chi connectivity index (χ2n) is 6.67. The molecule has 0 radical (unpaired) electrons. The van der Waals surface area contributed by atoms with E-state index >= 15 is 0 Å². The number of anilines is 2. The maximum absolute atomic E-state index is 12.7. The Morgan fingerprint density at radius 2 is 2.00 bits per heavy atom. The first-order valence-electron chi connectivity index (χ1n) is 8.89. The summed E-state index contributed by atoms with van der Waals surface area (Å²) in [5.74, 6) is -0.0318. The van der Waals surface area contributed by atoms with E-state index in [4.69, 9.17) is 0 Å². The molecule has 0 spiro atoms. The highest BCUT2D eigenvalue weighted by molar-refractivity contribution is 7.99. The monoisotopic (exact) mass is 418 g/mol. The van der Waals surface area contributed by atoms with Gasteiger partial charge in [0, 0.05) is 36.2 Å². The smallest absolute Gasteiger partial charge is 0.227 e. The van der Waals surface area contributed by atoms with E-state index in [0.29, 0.717) is 17.9 Å². The number of nitrogens with one attached hydrogen (secondary N) is 1. The highest BCUT2D eigenvalue weighted by Gasteiger charge is 2.22. The zero-order valence-electron chi connectivity index (χ0n) is 15.8. The minimum absolute atomic E-state index is 0.111. The van der Waals surface area contributed by atoms with Crippen LogP contribution in [0, 0.1) is 6.92 Å². The number of nitrogens with zero attached hydrogens (tertiary/aromatic N) is 1. The molecule has 0 saturated heterocycles. The molecule has 2 aromatic carbocycles. The predicted molar refractivity (Wildman–Crippen MR) is 112 cm³/mol. The van der Waals surface area contributed by atoms with Gasteiger partial charge in [0.2, 0.25) is 11.8 Å². The Labute approximate surface area is 169 Å². The molecule has 1 heterocycles. The maximum atomic E-state index is 12.7. The Hall–Kier alpha value is -2.32. The second-order valence-corrected chi connectivity index (χ2v) is 9.91. The molecular formula is C20H22N2O4S2. The third-order valence-electron chi connectivity index (χ3n) is 4.52. The van der Waals surface area contributed by atoms with Gasteiger partial charge in [0.25, 0.3) is 0 Å². The van der Waals surface area contributed by atoms with Crippen molar-refractivity contribution in [1.29, 1.82) is 0 Å². The first-order valence-corrected chi connectivity index (χ1v) is 11.5. The molecule has 1 aliphatic heterocycles. The topological polar surface area (TPSA) is 83.6 Å². The normalized spacial score (nSPS) is 14.0. The summed E-state index contributed by atoms with van der Waals surface area (Å²) >= 11 is 1.51. The van der Waals surface area contributed by atoms with Crippen LogP contribution in [-0.4, -0.2) is 38.8 Å². The van der Waals surface area contributed by atoms with Crippen molar-refractivity contribution in [3.8, 4) is 0 Å². The van der Waals surface area contributed by atoms with Crippen LogP contribution in [0.25, 0.3) is 0 Å². The zero-order valence-corrected chi connectivity index (χ0v) is 17.4. The van der Waals surface area contributed by atoms with Crippen LogP contribution in [0.2, 0.25) is 0 Å². The minimum Gasteiger partial charge on any atom is -0.325 e. The Kier molecular flexibility index (Phi) is 6.10. The van der Waals surface area contributed by atoms with Crippen LogP contribution >= 0.6 is 11.8 Å². The molecule has 0 atom stereocenters. The lowest BCUT2D eigenvalue weighted by Crippen LogP contribution is -2.28. The van der Waals surface area contributed by atoms with Crippen LogP contribution in [0.4, 0.5) is 11.4 Å². The summed E-state index contributed by atoms with van der Waals surface area (Å²) in [6.07, 6.45) is 0.270. The SMILES string of the molecule is Cc1cccc(N(C)C(=O)CCS(=O)(=O)c2ccc3c(c2)NC(=O)CCS3)c1. The summed E-state index contributed by atoms with van der Waals surface area (Å²) in [6, 6.07) is 12.2. The predicted octanol–water partition coefficient (Wildman–Crippen LogP) is 3.26. The van der Waals surface area contributed by atoms with Crippen molar-refractivity contribution in [2.75, 3.05) is 28.8 Å². The first kappa shape index (κ1) is 20.4. The molecule has 1 aliphatic rings. The molecule has 6 nitrogen and oxygen atoms in total. The third kappa shape index (κ3) is 4.74. The van der Waals surface area contributed by atoms with Crippen LogP contribution in [0.3, 0.4) is 0 Å². The van der Waals surface area contributed by atoms with Crippen molar-refractivity contribution in [2.45, 2.75) is 29.6 Å². The number of fused-ring (bicyclic) bond motifs is 1. The lowest BCUT2D eigenvalue weighted by Gasteiger charge is -2.18. The number of thioether (sulfide) groups is 1. The minimum atomic E-state index is -3.65. The fourth-order valence-corrected chi connectivity index (χ4v) is 5.07. The van der Waals surface area contributed by atoms with Crippen molar-refractivity contribution < 1.29 is 18.0 Å². The highest BCUT2D eigenvalue weighted by Crippen LogP contribution is 2.33. The Morgan fingerprint density at radius 3 is 2.75 bits per heavy atom. The summed E-state index contributed by atoms with van der Waals surface area (Å²) in [7, 11) is -2.01. The Bertz CT molecular complexity index is 1020. The third-order valence-corrected chi connectivity index (χ3v) is 7.31. The Balaban J connectivity index is 1.72. The molecule has 0 saturated carbocycles. The van der Waals surface area contributed by atoms with Gasteiger partial charge in [0.15, 0.2) is 9.84 Å². The fraction of sp³-hybridized carbons (Fsp3) is 0.300. The van der Waals surface area contributed by atoms with Crippen molar-refractivity contribution in [1.82, 2.24) is 0 Å². The summed E-state index contributed by atoms with van der Waals surface area (Å²) in [6.45, 7) is 1.93. The van der Waals surface area contributed by atoms with Gasteiger partial charge in [-0.3, -0.25) is 9.59 Å². The standard InChI is InChI=1S/C20H22N2O4S2/c1-14-4-3-5-15(12-14)22(2)20(24)9-11-28(25,26)16-6-7-18-17(13-16)21-19(23)8-10-27-18/h3-7,12-13H,8-11H2,1-2H3,(H,21,23). The number of benzene rings is 2. The van der Waals surface area contributed by atoms with Crippen LogP contribution in [0.15, 0.2) is 52.3 Å². The Morgan fingerprint density at radius 1 is 1.21 bits per heavy atom. The van der Waals surface area contributed by atoms with Crippen LogP contribution < -0.4 is 10.2 Å². The van der Waals surface area contributed by atoms with Crippen molar-refractivity contribution in [3.05, 3.63) is 48.0 Å². The van der Waals surface area contributed by atoms with E-state index in [0.717, 1.165) is 16.1 Å². The lowest BCUT2D eigenvalue weighted by molar-refractivity contribution is -0.118. The molecule has 148 valence electrons. The van der Waals surface area contributed by atoms with E-state index in [2.05, 4.69) is 5.32 Å². The largest absolute Gasteiger partial charge is 0.325 e. The summed E-state index contributed by atoms with van der Waals surface area (Å²) in [5, 5.41) is 2.75. The van der Waals surface area contributed by atoms with E-state index < -0.39 is 9.84 Å². The van der Waals surface area contributed by atoms with E-state index in [9.17, 15) is 18.0 Å². The number of carbonyl (C=O) groups is 2. The second kappa shape index (κ2) is 8.36. The molecule has 2 amide bonds. The van der Waals surface area contributed by atoms with Gasteiger partial charge in [-0.05, 0) is 42.8 Å². The molecule has 0 fully saturated rings. The number of rotatable bonds is 5. The van der Waals surface area contributed by atoms with Crippen LogP contribution in [-0.2, 0) is 19.4 Å². The number of carbonyl (C=O) groups excluding carboxylic acids is 2. The van der Waals surface area contributed by atoms with Gasteiger partial charge in [-0.1, -0.05) is 12.1 Å². The van der Waals surface area contributed by atoms with Gasteiger partial charge in [-0.25, -0.2) is 8.42 Å². The average molecular weight is 419 g/mol. The van der Waals surface area contributed by atoms with Crippen molar-refractivity contribution >= 4 is 44.8 Å². The molecule has 8 heteroatoms. The van der Waals surface area contributed by atoms with Crippen molar-refractivity contribution in [3.63, 3.8) is 0 Å². The quantitative estimate of drug-likeness (QED) is 0.806. The molecule has 3 rings (SSSR count). The molecule has 0 aliphatic carbocycles. The van der Waals surface area contributed by atoms with Gasteiger partial charge in [0.05, 0.1) is 16.3 Å². The van der Waals surface area contributed by atoms with Gasteiger partial charge in [-0.15, -0.1) is 11.8 Å². The average Bonchev–Trinajstić information content (AvgIpc) is 2.85. The highest BCUT2D eigenvalue weighted by atomic mass is 32.2. The number of hydrogen-bond acceptors (Lipinski definition) is 5. The van der Waals surface area contributed by atoms with E-state index in [1.165, 1.54) is 28.8 Å². The van der Waals surface area contributed by atoms with E-state index in [1.807, 2.05) is 31.2 Å². The number of amides is 2. The first-order chi connectivity index (χ1) is 13.3. The van der Waals surface area contributed by atoms with Gasteiger partial charge in [0.1, 0.15) is 0 Å². The molecule has 0 unspecified atom stereocenters. The zero-order chi connectivity index (χ0) is 20.3. The molecular weight excluding hydrogens is 396 g/mol. The van der Waals surface area contributed by atoms with E-state index in [-0.39, 0.29) is 28.9 Å². The summed E-state index contributed by atoms with van der Waals surface area (Å²) < 4.78 is 25.4. The molecule has 1 N–H and O–H groups in total. The van der Waals surface area contributed by atoms with Crippen molar-refractivity contribution in [2.24, 2.45) is 0 Å². The van der Waals surface area contributed by atoms with Gasteiger partial charge >= 0.3 is 0 Å². The number of hydrogen-bond donors (Lipinski definition) is 1. The fourth-order valence-electron chi connectivity index (χ4n) is 2.88. The van der Waals surface area contributed by atoms with Gasteiger partial charge < -0.3 is 10.2 Å². The van der Waals surface area contributed by atoms with E-state index in [1.54, 1.807) is 13.1 Å². The molecule has 0 bridgehead atoms. The maximum Gasteiger partial charge on any atom is 0.227 e. The molecule has 28 heavy (non-hydrogen) atoms. The van der Waals surface area contributed by atoms with Crippen LogP contribution in [0.1, 0.15) is 18.4 Å². The lowest BCUT2D eigenvalue weighted by atomic mass is 10.2. The summed E-state index contributed by atoms with van der Waals surface area (Å²) in [4.78, 5) is 26.6. The number of sulfone groups is 1. The number of aryl methyl sites for hydroxylation is 1. The molecule has 2 aromatic rings. The summed E-state index contributed by atoms with van der Waals surface area (Å²) in [5.41, 5.74) is 2.26. The van der Waals surface area contributed by atoms with Crippen LogP contribution in [0.5, 0.6) is 0 Å². The molecule has 0 aromatic heterocycles. The van der Waals surface area contributed by atoms with Gasteiger partial charge in [-0.2, -0.15) is 0 Å².